The molecule has 1 nitrogen and oxygen atoms in total. The van der Waals surface area contributed by atoms with E-state index in [-0.39, 0.29) is 0 Å². The van der Waals surface area contributed by atoms with Crippen molar-refractivity contribution in [2.24, 2.45) is 0 Å². The quantitative estimate of drug-likeness (QED) is 0.631. The molecule has 0 bridgehead atoms. The molecular formula is C18H16AlBNSn. The molecule has 0 fully saturated rings. The average molecular weight is 403 g/mol. The number of nitrogens with one attached hydrogen (secondary N) is 1. The van der Waals surface area contributed by atoms with Gasteiger partial charge >= 0.3 is 102 Å². The molecule has 1 N–H and O–H groups in total. The molecule has 3 aromatic carbocycles. The number of hydrogen-bond donors (Lipinski definition) is 1. The van der Waals surface area contributed by atoms with E-state index in [1.165, 1.54) is 11.6 Å². The molecule has 3 rings (SSSR count). The standard InChI is InChI=1S/3C6H5.Al.BHN.Sn/c3*1-2-4-6-5-3-1;;1-2;/h3*1-5H;;2H;. The second kappa shape index (κ2) is 12.4. The van der Waals surface area contributed by atoms with Gasteiger partial charge in [0.2, 0.25) is 0 Å². The van der Waals surface area contributed by atoms with Gasteiger partial charge in [0.1, 0.15) is 0 Å². The van der Waals surface area contributed by atoms with Crippen molar-refractivity contribution in [3.8, 4) is 0 Å². The molecule has 0 unspecified atom stereocenters. The summed E-state index contributed by atoms with van der Waals surface area (Å²) in [6.07, 6.45) is 0. The third-order valence-electron chi connectivity index (χ3n) is 2.64. The zero-order valence-electron chi connectivity index (χ0n) is 12.3. The van der Waals surface area contributed by atoms with Crippen LogP contribution in [0, 0.1) is 5.31 Å². The van der Waals surface area contributed by atoms with E-state index in [0.29, 0.717) is 0 Å². The summed E-state index contributed by atoms with van der Waals surface area (Å²) in [6.45, 7) is 0. The first-order valence-electron chi connectivity index (χ1n) is 6.81. The molecule has 0 atom stereocenters. The summed E-state index contributed by atoms with van der Waals surface area (Å²) in [6, 6.07) is 31.7. The first kappa shape index (κ1) is 18.9. The molecule has 0 aromatic heterocycles. The molecule has 0 saturated carbocycles. The Morgan fingerprint density at radius 2 is 0.909 bits per heavy atom. The molecule has 0 spiro atoms. The summed E-state index contributed by atoms with van der Waals surface area (Å²) < 4.78 is 4.32. The van der Waals surface area contributed by atoms with Gasteiger partial charge in [-0.25, -0.2) is 0 Å². The van der Waals surface area contributed by atoms with Gasteiger partial charge in [-0.05, 0) is 0 Å². The summed E-state index contributed by atoms with van der Waals surface area (Å²) in [4.78, 5) is 0. The van der Waals surface area contributed by atoms with Gasteiger partial charge in [0.05, 0.1) is 0 Å². The number of hydrogen-bond acceptors (Lipinski definition) is 1. The Hall–Kier alpha value is -1.14. The maximum absolute atomic E-state index is 5.25. The van der Waals surface area contributed by atoms with Crippen molar-refractivity contribution in [2.75, 3.05) is 0 Å². The van der Waals surface area contributed by atoms with Crippen LogP contribution in [0.1, 0.15) is 0 Å². The Morgan fingerprint density at radius 3 is 1.18 bits per heavy atom. The Morgan fingerprint density at radius 1 is 0.591 bits per heavy atom. The fourth-order valence-electron chi connectivity index (χ4n) is 1.66. The molecule has 0 saturated heterocycles. The van der Waals surface area contributed by atoms with E-state index in [0.717, 1.165) is 0 Å². The predicted octanol–water partition coefficient (Wildman–Crippen LogP) is 1.74. The molecule has 4 heteroatoms. The normalized spacial score (nSPS) is 8.68. The molecule has 0 heterocycles. The van der Waals surface area contributed by atoms with Gasteiger partial charge in [0.25, 0.3) is 0 Å². The summed E-state index contributed by atoms with van der Waals surface area (Å²) in [7, 11) is 3.75. The predicted molar refractivity (Wildman–Crippen MR) is 98.2 cm³/mol. The average Bonchev–Trinajstić information content (AvgIpc) is 2.60. The zero-order chi connectivity index (χ0) is 16.0. The number of benzene rings is 3. The summed E-state index contributed by atoms with van der Waals surface area (Å²) in [5.41, 5.74) is 0. The van der Waals surface area contributed by atoms with Crippen molar-refractivity contribution in [3.63, 3.8) is 0 Å². The molecule has 22 heavy (non-hydrogen) atoms. The molecule has 0 amide bonds. The van der Waals surface area contributed by atoms with Crippen LogP contribution in [0.15, 0.2) is 91.0 Å². The molecule has 5 radical (unpaired) electrons. The van der Waals surface area contributed by atoms with Gasteiger partial charge in [-0.2, -0.15) is 0 Å². The van der Waals surface area contributed by atoms with Crippen LogP contribution in [0.3, 0.4) is 0 Å². The van der Waals surface area contributed by atoms with Gasteiger partial charge in [-0.1, -0.05) is 30.3 Å². The zero-order valence-corrected chi connectivity index (χ0v) is 16.3. The van der Waals surface area contributed by atoms with E-state index in [4.69, 9.17) is 5.31 Å². The van der Waals surface area contributed by atoms with Crippen molar-refractivity contribution in [1.29, 1.82) is 5.31 Å². The van der Waals surface area contributed by atoms with Crippen LogP contribution >= 0.6 is 0 Å². The van der Waals surface area contributed by atoms with Crippen LogP contribution < -0.4 is 11.6 Å². The van der Waals surface area contributed by atoms with Gasteiger partial charge in [-0.3, -0.25) is 0 Å². The third-order valence-corrected chi connectivity index (χ3v) is 6.57. The van der Waals surface area contributed by atoms with Gasteiger partial charge in [0.15, 0.2) is 16.3 Å². The van der Waals surface area contributed by atoms with E-state index in [1.54, 1.807) is 0 Å². The van der Waals surface area contributed by atoms with Crippen LogP contribution in [0.25, 0.3) is 0 Å². The Bertz CT molecular complexity index is 583. The van der Waals surface area contributed by atoms with E-state index in [2.05, 4.69) is 84.6 Å². The topological polar surface area (TPSA) is 23.9 Å². The van der Waals surface area contributed by atoms with Crippen molar-refractivity contribution in [3.05, 3.63) is 91.0 Å². The van der Waals surface area contributed by atoms with Gasteiger partial charge in [0, 0.05) is 0 Å². The van der Waals surface area contributed by atoms with Crippen molar-refractivity contribution >= 4 is 56.7 Å². The van der Waals surface area contributed by atoms with Crippen molar-refractivity contribution in [2.45, 2.75) is 0 Å². The minimum atomic E-state index is -0.517. The molecular weight excluding hydrogens is 387 g/mol. The summed E-state index contributed by atoms with van der Waals surface area (Å²) in [5.74, 6) is 0. The second-order valence-electron chi connectivity index (χ2n) is 4.27. The van der Waals surface area contributed by atoms with E-state index >= 15 is 0 Å². The second-order valence-corrected chi connectivity index (χ2v) is 8.94. The molecule has 3 aromatic rings. The van der Waals surface area contributed by atoms with Crippen LogP contribution in [0.5, 0.6) is 0 Å². The monoisotopic (exact) mass is 404 g/mol. The molecule has 0 aliphatic heterocycles. The number of rotatable bonds is 2. The minimum absolute atomic E-state index is 0.517. The fourth-order valence-corrected chi connectivity index (χ4v) is 4.89. The van der Waals surface area contributed by atoms with Crippen LogP contribution in [-0.2, 0) is 0 Å². The van der Waals surface area contributed by atoms with Crippen LogP contribution in [-0.4, -0.2) is 45.1 Å². The Labute approximate surface area is 152 Å². The van der Waals surface area contributed by atoms with Gasteiger partial charge in [-0.15, -0.1) is 4.43 Å². The molecule has 0 aliphatic carbocycles. The van der Waals surface area contributed by atoms with Crippen molar-refractivity contribution < 1.29 is 0 Å². The first-order chi connectivity index (χ1) is 10.8. The Balaban J connectivity index is 0.000000228. The van der Waals surface area contributed by atoms with Crippen LogP contribution in [0.4, 0.5) is 0 Å². The molecule has 0 aliphatic rings. The third kappa shape index (κ3) is 8.34. The fraction of sp³-hybridized carbons (Fsp3) is 0. The SMILES string of the molecule is [Al][c]1ccccc1.[B]=N.c1cc[c]([Sn][c]2ccccc2)cc1. The summed E-state index contributed by atoms with van der Waals surface area (Å²) >= 11 is 2.11. The van der Waals surface area contributed by atoms with E-state index in [1.807, 2.05) is 30.3 Å². The molecule has 103 valence electrons. The van der Waals surface area contributed by atoms with E-state index < -0.39 is 21.1 Å². The van der Waals surface area contributed by atoms with Crippen LogP contribution in [0.2, 0.25) is 0 Å². The van der Waals surface area contributed by atoms with E-state index in [9.17, 15) is 0 Å². The van der Waals surface area contributed by atoms with Gasteiger partial charge < -0.3 is 0 Å². The van der Waals surface area contributed by atoms with Crippen molar-refractivity contribution in [1.82, 2.24) is 0 Å². The first-order valence-corrected chi connectivity index (χ1v) is 10.2. The maximum atomic E-state index is 5.25. The summed E-state index contributed by atoms with van der Waals surface area (Å²) in [5, 5.41) is 5.25. The Kier molecular flexibility index (Phi) is 10.7.